The number of benzene rings is 1. The Morgan fingerprint density at radius 1 is 1.50 bits per heavy atom. The Morgan fingerprint density at radius 3 is 2.86 bits per heavy atom. The lowest BCUT2D eigenvalue weighted by molar-refractivity contribution is 0.300. The van der Waals surface area contributed by atoms with E-state index in [2.05, 4.69) is 6.07 Å². The van der Waals surface area contributed by atoms with Crippen LogP contribution in [0.2, 0.25) is 0 Å². The van der Waals surface area contributed by atoms with Crippen LogP contribution < -0.4 is 0 Å². The first kappa shape index (κ1) is 11.1. The van der Waals surface area contributed by atoms with Crippen LogP contribution in [0.1, 0.15) is 18.1 Å². The van der Waals surface area contributed by atoms with E-state index in [0.29, 0.717) is 0 Å². The average Bonchev–Trinajstić information content (AvgIpc) is 2.26. The van der Waals surface area contributed by atoms with Crippen LogP contribution in [0.3, 0.4) is 0 Å². The fourth-order valence-corrected chi connectivity index (χ4v) is 1.86. The molecule has 74 valence electrons. The number of nitriles is 1. The highest BCUT2D eigenvalue weighted by Crippen LogP contribution is 2.19. The van der Waals surface area contributed by atoms with Crippen LogP contribution in [0.25, 0.3) is 0 Å². The van der Waals surface area contributed by atoms with Gasteiger partial charge in [-0.25, -0.2) is 0 Å². The molecule has 1 atom stereocenters. The third kappa shape index (κ3) is 3.06. The number of rotatable bonds is 4. The summed E-state index contributed by atoms with van der Waals surface area (Å²) in [4.78, 5) is 0. The van der Waals surface area contributed by atoms with Gasteiger partial charge in [-0.3, -0.25) is 0 Å². The maximum atomic E-state index is 8.85. The molecule has 0 aliphatic carbocycles. The molecular formula is C11H13NOS. The van der Waals surface area contributed by atoms with E-state index in [0.717, 1.165) is 16.9 Å². The lowest BCUT2D eigenvalue weighted by atomic mass is 10.1. The Morgan fingerprint density at radius 2 is 2.21 bits per heavy atom. The molecular weight excluding hydrogens is 194 g/mol. The molecule has 0 unspecified atom stereocenters. The van der Waals surface area contributed by atoms with Crippen LogP contribution in [0.5, 0.6) is 0 Å². The molecule has 1 N–H and O–H groups in total. The van der Waals surface area contributed by atoms with Crippen molar-refractivity contribution < 1.29 is 5.11 Å². The molecule has 0 saturated heterocycles. The van der Waals surface area contributed by atoms with Crippen LogP contribution >= 0.6 is 11.8 Å². The molecule has 0 heterocycles. The highest BCUT2D eigenvalue weighted by molar-refractivity contribution is 7.99. The third-order valence-electron chi connectivity index (χ3n) is 1.92. The number of hydrogen-bond acceptors (Lipinski definition) is 3. The molecule has 14 heavy (non-hydrogen) atoms. The fraction of sp³-hybridized carbons (Fsp3) is 0.364. The first-order valence-corrected chi connectivity index (χ1v) is 5.53. The minimum atomic E-state index is 0.180. The van der Waals surface area contributed by atoms with Crippen molar-refractivity contribution >= 4 is 11.8 Å². The van der Waals surface area contributed by atoms with Gasteiger partial charge in [0.2, 0.25) is 0 Å². The second kappa shape index (κ2) is 5.69. The van der Waals surface area contributed by atoms with Gasteiger partial charge in [-0.15, -0.1) is 0 Å². The molecule has 0 bridgehead atoms. The Kier molecular flexibility index (Phi) is 4.51. The number of nitrogens with zero attached hydrogens (tertiary/aromatic N) is 1. The van der Waals surface area contributed by atoms with E-state index >= 15 is 0 Å². The second-order valence-electron chi connectivity index (χ2n) is 3.07. The smallest absolute Gasteiger partial charge is 0.0994 e. The first-order valence-electron chi connectivity index (χ1n) is 4.48. The lowest BCUT2D eigenvalue weighted by Crippen LogP contribution is -2.02. The molecule has 1 aromatic rings. The average molecular weight is 207 g/mol. The summed E-state index contributed by atoms with van der Waals surface area (Å²) in [6, 6.07) is 9.73. The van der Waals surface area contributed by atoms with Crippen molar-refractivity contribution in [2.45, 2.75) is 17.9 Å². The predicted molar refractivity (Wildman–Crippen MR) is 59.0 cm³/mol. The van der Waals surface area contributed by atoms with E-state index in [1.54, 1.807) is 11.8 Å². The van der Waals surface area contributed by atoms with Gasteiger partial charge >= 0.3 is 0 Å². The summed E-state index contributed by atoms with van der Waals surface area (Å²) < 4.78 is 0. The van der Waals surface area contributed by atoms with E-state index in [4.69, 9.17) is 10.4 Å². The van der Waals surface area contributed by atoms with Crippen LogP contribution in [-0.4, -0.2) is 17.0 Å². The second-order valence-corrected chi connectivity index (χ2v) is 4.50. The lowest BCUT2D eigenvalue weighted by Gasteiger charge is -2.08. The van der Waals surface area contributed by atoms with Crippen LogP contribution in [0.4, 0.5) is 0 Å². The molecule has 0 aromatic heterocycles. The van der Waals surface area contributed by atoms with Gasteiger partial charge in [0.1, 0.15) is 0 Å². The van der Waals surface area contributed by atoms with E-state index in [-0.39, 0.29) is 11.9 Å². The van der Waals surface area contributed by atoms with Gasteiger partial charge in [-0.1, -0.05) is 25.1 Å². The summed E-state index contributed by atoms with van der Waals surface area (Å²) >= 11 is 1.66. The van der Waals surface area contributed by atoms with Crippen molar-refractivity contribution in [1.29, 1.82) is 5.26 Å². The summed E-state index contributed by atoms with van der Waals surface area (Å²) in [6.07, 6.45) is 0. The van der Waals surface area contributed by atoms with Crippen molar-refractivity contribution in [2.24, 2.45) is 0 Å². The quantitative estimate of drug-likeness (QED) is 0.823. The summed E-state index contributed by atoms with van der Waals surface area (Å²) in [5.74, 6) is 0.783. The molecule has 0 aliphatic rings. The van der Waals surface area contributed by atoms with E-state index in [1.807, 2.05) is 31.2 Å². The minimum Gasteiger partial charge on any atom is -0.395 e. The Balaban J connectivity index is 2.63. The van der Waals surface area contributed by atoms with Gasteiger partial charge < -0.3 is 5.11 Å². The fourth-order valence-electron chi connectivity index (χ4n) is 1.04. The molecule has 0 saturated carbocycles. The Bertz CT molecular complexity index is 332. The zero-order valence-electron chi connectivity index (χ0n) is 8.10. The third-order valence-corrected chi connectivity index (χ3v) is 3.11. The van der Waals surface area contributed by atoms with Crippen molar-refractivity contribution in [2.75, 3.05) is 6.61 Å². The van der Waals surface area contributed by atoms with Gasteiger partial charge in [-0.05, 0) is 11.6 Å². The highest BCUT2D eigenvalue weighted by Gasteiger charge is 2.04. The van der Waals surface area contributed by atoms with Crippen molar-refractivity contribution in [3.8, 4) is 6.07 Å². The molecule has 2 nitrogen and oxygen atoms in total. The van der Waals surface area contributed by atoms with Gasteiger partial charge in [0.25, 0.3) is 0 Å². The summed E-state index contributed by atoms with van der Waals surface area (Å²) in [6.45, 7) is 2.15. The Hall–Kier alpha value is -0.980. The van der Waals surface area contributed by atoms with Crippen molar-refractivity contribution in [1.82, 2.24) is 0 Å². The molecule has 3 heteroatoms. The highest BCUT2D eigenvalue weighted by atomic mass is 32.2. The van der Waals surface area contributed by atoms with Crippen LogP contribution in [-0.2, 0) is 5.75 Å². The molecule has 1 aromatic carbocycles. The zero-order chi connectivity index (χ0) is 10.4. The van der Waals surface area contributed by atoms with Crippen molar-refractivity contribution in [3.05, 3.63) is 35.4 Å². The molecule has 0 aliphatic heterocycles. The molecule has 0 spiro atoms. The minimum absolute atomic E-state index is 0.180. The normalized spacial score (nSPS) is 12.1. The molecule has 1 rings (SSSR count). The van der Waals surface area contributed by atoms with Crippen LogP contribution in [0, 0.1) is 11.3 Å². The summed E-state index contributed by atoms with van der Waals surface area (Å²) in [5, 5.41) is 17.9. The maximum absolute atomic E-state index is 8.85. The van der Waals surface area contributed by atoms with Crippen molar-refractivity contribution in [3.63, 3.8) is 0 Å². The maximum Gasteiger partial charge on any atom is 0.0994 e. The van der Waals surface area contributed by atoms with E-state index in [9.17, 15) is 0 Å². The van der Waals surface area contributed by atoms with Gasteiger partial charge in [0, 0.05) is 11.0 Å². The van der Waals surface area contributed by atoms with Gasteiger partial charge in [-0.2, -0.15) is 17.0 Å². The number of aliphatic hydroxyl groups excluding tert-OH is 1. The van der Waals surface area contributed by atoms with E-state index < -0.39 is 0 Å². The van der Waals surface area contributed by atoms with E-state index in [1.165, 1.54) is 0 Å². The summed E-state index contributed by atoms with van der Waals surface area (Å²) in [5.41, 5.74) is 1.77. The zero-order valence-corrected chi connectivity index (χ0v) is 8.92. The van der Waals surface area contributed by atoms with Gasteiger partial charge in [0.15, 0.2) is 0 Å². The topological polar surface area (TPSA) is 44.0 Å². The SMILES string of the molecule is C[C@H](CO)SCc1ccccc1C#N. The monoisotopic (exact) mass is 207 g/mol. The van der Waals surface area contributed by atoms with Gasteiger partial charge in [0.05, 0.1) is 18.2 Å². The summed E-state index contributed by atoms with van der Waals surface area (Å²) in [7, 11) is 0. The molecule has 0 amide bonds. The predicted octanol–water partition coefficient (Wildman–Crippen LogP) is 2.17. The number of thioether (sulfide) groups is 1. The number of aliphatic hydroxyl groups is 1. The van der Waals surface area contributed by atoms with Crippen LogP contribution in [0.15, 0.2) is 24.3 Å². The standard InChI is InChI=1S/C11H13NOS/c1-9(7-13)14-8-11-5-3-2-4-10(11)6-12/h2-5,9,13H,7-8H2,1H3/t9-/m1/s1. The molecule has 0 fully saturated rings. The first-order chi connectivity index (χ1) is 6.77. The number of hydrogen-bond donors (Lipinski definition) is 1. The Labute approximate surface area is 88.6 Å². The molecule has 0 radical (unpaired) electrons. The largest absolute Gasteiger partial charge is 0.395 e.